The average Bonchev–Trinajstić information content (AvgIpc) is 2.92. The lowest BCUT2D eigenvalue weighted by molar-refractivity contribution is 0.0914. The third kappa shape index (κ3) is 3.46. The number of rotatable bonds is 2. The third-order valence-corrected chi connectivity index (χ3v) is 4.69. The lowest BCUT2D eigenvalue weighted by atomic mass is 9.92. The summed E-state index contributed by atoms with van der Waals surface area (Å²) in [6.07, 6.45) is 4.59. The Bertz CT molecular complexity index is 537. The molecule has 1 aromatic rings. The van der Waals surface area contributed by atoms with Gasteiger partial charge in [-0.2, -0.15) is 5.10 Å². The Kier molecular flexibility index (Phi) is 4.87. The summed E-state index contributed by atoms with van der Waals surface area (Å²) in [6, 6.07) is 3.39. The van der Waals surface area contributed by atoms with Gasteiger partial charge in [-0.1, -0.05) is 20.8 Å². The number of aryl methyl sites for hydroxylation is 1. The van der Waals surface area contributed by atoms with Crippen molar-refractivity contribution in [2.24, 2.45) is 7.05 Å². The monoisotopic (exact) mass is 326 g/mol. The van der Waals surface area contributed by atoms with Crippen LogP contribution in [0, 0.1) is 0 Å². The Balaban J connectivity index is 0.00000176. The fourth-order valence-electron chi connectivity index (χ4n) is 3.48. The van der Waals surface area contributed by atoms with Gasteiger partial charge in [0.2, 0.25) is 0 Å². The number of carbonyl (C=O) groups excluding carboxylic acids is 1. The molecular formula is C16H27ClN4O. The molecule has 1 amide bonds. The van der Waals surface area contributed by atoms with Gasteiger partial charge in [-0.25, -0.2) is 0 Å². The molecule has 2 aliphatic heterocycles. The number of halogens is 1. The first-order chi connectivity index (χ1) is 9.83. The standard InChI is InChI=1S/C16H26N4O.ClH/c1-16(2,3)14-9-13(20(4)19-14)15(21)18-12-7-10-5-6-11(8-12)17-10;/h9-12,17H,5-8H2,1-4H3,(H,18,21);1H. The van der Waals surface area contributed by atoms with Crippen molar-refractivity contribution in [1.82, 2.24) is 20.4 Å². The smallest absolute Gasteiger partial charge is 0.269 e. The van der Waals surface area contributed by atoms with Crippen molar-refractivity contribution in [2.75, 3.05) is 0 Å². The maximum Gasteiger partial charge on any atom is 0.269 e. The first-order valence-electron chi connectivity index (χ1n) is 7.94. The Labute approximate surface area is 138 Å². The molecular weight excluding hydrogens is 300 g/mol. The van der Waals surface area contributed by atoms with Crippen LogP contribution in [-0.4, -0.2) is 33.8 Å². The largest absolute Gasteiger partial charge is 0.348 e. The number of fused-ring (bicyclic) bond motifs is 2. The van der Waals surface area contributed by atoms with Crippen molar-refractivity contribution in [2.45, 2.75) is 70.0 Å². The molecule has 2 atom stereocenters. The third-order valence-electron chi connectivity index (χ3n) is 4.69. The molecule has 3 heterocycles. The molecule has 2 saturated heterocycles. The van der Waals surface area contributed by atoms with E-state index in [1.54, 1.807) is 4.68 Å². The van der Waals surface area contributed by atoms with Crippen LogP contribution in [0.15, 0.2) is 6.07 Å². The molecule has 22 heavy (non-hydrogen) atoms. The minimum Gasteiger partial charge on any atom is -0.348 e. The first-order valence-corrected chi connectivity index (χ1v) is 7.94. The van der Waals surface area contributed by atoms with Crippen LogP contribution in [0.1, 0.15) is 62.6 Å². The minimum absolute atomic E-state index is 0. The van der Waals surface area contributed by atoms with E-state index in [1.807, 2.05) is 13.1 Å². The highest BCUT2D eigenvalue weighted by atomic mass is 35.5. The predicted molar refractivity (Wildman–Crippen MR) is 89.6 cm³/mol. The molecule has 2 bridgehead atoms. The van der Waals surface area contributed by atoms with Crippen molar-refractivity contribution in [3.05, 3.63) is 17.5 Å². The zero-order chi connectivity index (χ0) is 15.2. The fourth-order valence-corrected chi connectivity index (χ4v) is 3.48. The highest BCUT2D eigenvalue weighted by Gasteiger charge is 2.34. The maximum atomic E-state index is 12.5. The van der Waals surface area contributed by atoms with Gasteiger partial charge >= 0.3 is 0 Å². The average molecular weight is 327 g/mol. The van der Waals surface area contributed by atoms with Gasteiger partial charge < -0.3 is 10.6 Å². The van der Waals surface area contributed by atoms with Crippen molar-refractivity contribution < 1.29 is 4.79 Å². The Morgan fingerprint density at radius 2 is 1.91 bits per heavy atom. The zero-order valence-corrected chi connectivity index (χ0v) is 14.7. The Morgan fingerprint density at radius 3 is 2.41 bits per heavy atom. The molecule has 0 aliphatic carbocycles. The SMILES string of the molecule is Cl.Cn1nc(C(C)(C)C)cc1C(=O)NC1CC2CCC(C1)N2. The second-order valence-corrected chi connectivity index (χ2v) is 7.57. The molecule has 2 unspecified atom stereocenters. The van der Waals surface area contributed by atoms with Gasteiger partial charge in [0.05, 0.1) is 5.69 Å². The summed E-state index contributed by atoms with van der Waals surface area (Å²) in [7, 11) is 1.84. The predicted octanol–water partition coefficient (Wildman–Crippen LogP) is 2.15. The molecule has 0 saturated carbocycles. The van der Waals surface area contributed by atoms with E-state index in [2.05, 4.69) is 36.5 Å². The number of hydrogen-bond donors (Lipinski definition) is 2. The summed E-state index contributed by atoms with van der Waals surface area (Å²) >= 11 is 0. The second kappa shape index (κ2) is 6.20. The van der Waals surface area contributed by atoms with E-state index >= 15 is 0 Å². The Morgan fingerprint density at radius 1 is 1.32 bits per heavy atom. The van der Waals surface area contributed by atoms with Crippen molar-refractivity contribution in [3.8, 4) is 0 Å². The summed E-state index contributed by atoms with van der Waals surface area (Å²) in [4.78, 5) is 12.5. The van der Waals surface area contributed by atoms with E-state index in [0.717, 1.165) is 18.5 Å². The zero-order valence-electron chi connectivity index (χ0n) is 13.8. The van der Waals surface area contributed by atoms with Gasteiger partial charge in [0.1, 0.15) is 5.69 Å². The van der Waals surface area contributed by atoms with Crippen LogP contribution in [-0.2, 0) is 12.5 Å². The van der Waals surface area contributed by atoms with Crippen LogP contribution in [0.3, 0.4) is 0 Å². The topological polar surface area (TPSA) is 59.0 Å². The normalized spacial score (nSPS) is 27.4. The van der Waals surface area contributed by atoms with Gasteiger partial charge in [0.15, 0.2) is 0 Å². The molecule has 3 rings (SSSR count). The van der Waals surface area contributed by atoms with E-state index in [0.29, 0.717) is 23.8 Å². The number of amides is 1. The molecule has 2 fully saturated rings. The van der Waals surface area contributed by atoms with E-state index in [1.165, 1.54) is 12.8 Å². The summed E-state index contributed by atoms with van der Waals surface area (Å²) in [6.45, 7) is 6.34. The molecule has 0 radical (unpaired) electrons. The van der Waals surface area contributed by atoms with Crippen molar-refractivity contribution >= 4 is 18.3 Å². The summed E-state index contributed by atoms with van der Waals surface area (Å²) < 4.78 is 1.70. The van der Waals surface area contributed by atoms with Gasteiger partial charge in [-0.15, -0.1) is 12.4 Å². The fraction of sp³-hybridized carbons (Fsp3) is 0.750. The van der Waals surface area contributed by atoms with Crippen LogP contribution in [0.5, 0.6) is 0 Å². The van der Waals surface area contributed by atoms with Crippen LogP contribution in [0.2, 0.25) is 0 Å². The minimum atomic E-state index is -0.0375. The molecule has 2 aliphatic rings. The highest BCUT2D eigenvalue weighted by molar-refractivity contribution is 5.93. The van der Waals surface area contributed by atoms with E-state index in [4.69, 9.17) is 0 Å². The highest BCUT2D eigenvalue weighted by Crippen LogP contribution is 2.27. The quantitative estimate of drug-likeness (QED) is 0.875. The molecule has 124 valence electrons. The second-order valence-electron chi connectivity index (χ2n) is 7.57. The number of carbonyl (C=O) groups is 1. The van der Waals surface area contributed by atoms with Gasteiger partial charge in [0.25, 0.3) is 5.91 Å². The summed E-state index contributed by atoms with van der Waals surface area (Å²) in [5.74, 6) is 0.00630. The number of piperidine rings is 1. The lowest BCUT2D eigenvalue weighted by Gasteiger charge is -2.29. The number of hydrogen-bond acceptors (Lipinski definition) is 3. The van der Waals surface area contributed by atoms with Crippen LogP contribution < -0.4 is 10.6 Å². The van der Waals surface area contributed by atoms with E-state index in [9.17, 15) is 4.79 Å². The molecule has 5 nitrogen and oxygen atoms in total. The van der Waals surface area contributed by atoms with Gasteiger partial charge in [-0.05, 0) is 31.7 Å². The van der Waals surface area contributed by atoms with E-state index < -0.39 is 0 Å². The molecule has 0 aromatic carbocycles. The number of aromatic nitrogens is 2. The molecule has 0 spiro atoms. The van der Waals surface area contributed by atoms with Crippen molar-refractivity contribution in [3.63, 3.8) is 0 Å². The van der Waals surface area contributed by atoms with Crippen molar-refractivity contribution in [1.29, 1.82) is 0 Å². The first kappa shape index (κ1) is 17.3. The lowest BCUT2D eigenvalue weighted by Crippen LogP contribution is -2.48. The van der Waals surface area contributed by atoms with Crippen LogP contribution in [0.4, 0.5) is 0 Å². The van der Waals surface area contributed by atoms with Crippen LogP contribution in [0.25, 0.3) is 0 Å². The Hall–Kier alpha value is -1.07. The number of nitrogens with zero attached hydrogens (tertiary/aromatic N) is 2. The molecule has 1 aromatic heterocycles. The molecule has 6 heteroatoms. The number of nitrogens with one attached hydrogen (secondary N) is 2. The molecule has 2 N–H and O–H groups in total. The van der Waals surface area contributed by atoms with Gasteiger partial charge in [-0.3, -0.25) is 9.48 Å². The maximum absolute atomic E-state index is 12.5. The van der Waals surface area contributed by atoms with Crippen LogP contribution >= 0.6 is 12.4 Å². The summed E-state index contributed by atoms with van der Waals surface area (Å²) in [5, 5.41) is 11.3. The summed E-state index contributed by atoms with van der Waals surface area (Å²) in [5.41, 5.74) is 1.58. The van der Waals surface area contributed by atoms with Gasteiger partial charge in [0, 0.05) is 30.6 Å². The van der Waals surface area contributed by atoms with E-state index in [-0.39, 0.29) is 23.7 Å².